The van der Waals surface area contributed by atoms with Crippen LogP contribution in [0.5, 0.6) is 5.75 Å². The highest BCUT2D eigenvalue weighted by atomic mass is 19.1. The molecule has 4 aromatic rings. The van der Waals surface area contributed by atoms with Crippen LogP contribution in [-0.2, 0) is 0 Å². The summed E-state index contributed by atoms with van der Waals surface area (Å²) in [4.78, 5) is 14.2. The number of ether oxygens (including phenoxy) is 1. The Bertz CT molecular complexity index is 1400. The first-order valence-electron chi connectivity index (χ1n) is 12.7. The van der Waals surface area contributed by atoms with Crippen LogP contribution in [0.3, 0.4) is 0 Å². The summed E-state index contributed by atoms with van der Waals surface area (Å²) in [6.07, 6.45) is 11.9. The molecule has 0 spiro atoms. The SMILES string of the molecule is COc1cc2c(-c3cnn4cc(N5CCC(N6CCC(C)(N)CC6)CC5)cnc34)ccnc2cc1F. The Morgan fingerprint density at radius 2 is 1.83 bits per heavy atom. The van der Waals surface area contributed by atoms with Gasteiger partial charge in [0, 0.05) is 61.0 Å². The number of nitrogens with zero attached hydrogens (tertiary/aromatic N) is 6. The van der Waals surface area contributed by atoms with Crippen molar-refractivity contribution in [2.24, 2.45) is 5.73 Å². The van der Waals surface area contributed by atoms with Crippen LogP contribution >= 0.6 is 0 Å². The van der Waals surface area contributed by atoms with Gasteiger partial charge in [-0.15, -0.1) is 0 Å². The minimum atomic E-state index is -0.431. The molecule has 2 saturated heterocycles. The number of aromatic nitrogens is 4. The van der Waals surface area contributed by atoms with Gasteiger partial charge in [0.15, 0.2) is 17.2 Å². The summed E-state index contributed by atoms with van der Waals surface area (Å²) in [6, 6.07) is 5.62. The van der Waals surface area contributed by atoms with E-state index in [9.17, 15) is 4.39 Å². The van der Waals surface area contributed by atoms with Crippen LogP contribution in [0.1, 0.15) is 32.6 Å². The van der Waals surface area contributed by atoms with E-state index in [1.54, 1.807) is 12.3 Å². The van der Waals surface area contributed by atoms with Gasteiger partial charge in [-0.2, -0.15) is 5.10 Å². The second kappa shape index (κ2) is 8.97. The summed E-state index contributed by atoms with van der Waals surface area (Å²) in [5, 5.41) is 5.40. The van der Waals surface area contributed by atoms with E-state index in [4.69, 9.17) is 15.5 Å². The van der Waals surface area contributed by atoms with Crippen molar-refractivity contribution in [3.63, 3.8) is 0 Å². The number of fused-ring (bicyclic) bond motifs is 2. The van der Waals surface area contributed by atoms with Gasteiger partial charge in [0.05, 0.1) is 36.9 Å². The smallest absolute Gasteiger partial charge is 0.167 e. The van der Waals surface area contributed by atoms with Crippen LogP contribution < -0.4 is 15.4 Å². The first kappa shape index (κ1) is 23.1. The molecule has 0 unspecified atom stereocenters. The van der Waals surface area contributed by atoms with E-state index in [0.717, 1.165) is 79.7 Å². The number of hydrogen-bond donors (Lipinski definition) is 1. The molecule has 8 nitrogen and oxygen atoms in total. The molecule has 1 aromatic carbocycles. The van der Waals surface area contributed by atoms with Gasteiger partial charge in [0.25, 0.3) is 0 Å². The molecule has 0 amide bonds. The molecular weight excluding hydrogens is 457 g/mol. The molecule has 0 aliphatic carbocycles. The molecule has 0 atom stereocenters. The molecule has 3 aromatic heterocycles. The summed E-state index contributed by atoms with van der Waals surface area (Å²) in [7, 11) is 1.46. The van der Waals surface area contributed by atoms with Crippen molar-refractivity contribution in [2.45, 2.75) is 44.2 Å². The second-order valence-corrected chi connectivity index (χ2v) is 10.4. The van der Waals surface area contributed by atoms with Crippen molar-refractivity contribution in [3.05, 3.63) is 48.8 Å². The molecule has 2 fully saturated rings. The van der Waals surface area contributed by atoms with Gasteiger partial charge < -0.3 is 20.3 Å². The molecule has 6 rings (SSSR count). The molecular formula is C27H32FN7O. The first-order chi connectivity index (χ1) is 17.4. The van der Waals surface area contributed by atoms with Crippen molar-refractivity contribution in [3.8, 4) is 16.9 Å². The van der Waals surface area contributed by atoms with Crippen molar-refractivity contribution in [1.29, 1.82) is 0 Å². The molecule has 0 bridgehead atoms. The number of methoxy groups -OCH3 is 1. The maximum absolute atomic E-state index is 14.2. The third kappa shape index (κ3) is 4.16. The van der Waals surface area contributed by atoms with Crippen LogP contribution in [0, 0.1) is 5.82 Å². The maximum Gasteiger partial charge on any atom is 0.167 e. The molecule has 0 saturated carbocycles. The number of hydrogen-bond acceptors (Lipinski definition) is 7. The number of rotatable bonds is 4. The quantitative estimate of drug-likeness (QED) is 0.466. The predicted molar refractivity (Wildman–Crippen MR) is 139 cm³/mol. The number of pyridine rings is 1. The number of nitrogens with two attached hydrogens (primary N) is 1. The summed E-state index contributed by atoms with van der Waals surface area (Å²) >= 11 is 0. The average molecular weight is 490 g/mol. The molecule has 5 heterocycles. The van der Waals surface area contributed by atoms with Gasteiger partial charge in [0.2, 0.25) is 0 Å². The third-order valence-corrected chi connectivity index (χ3v) is 7.93. The van der Waals surface area contributed by atoms with E-state index in [0.29, 0.717) is 11.6 Å². The molecule has 9 heteroatoms. The first-order valence-corrected chi connectivity index (χ1v) is 12.7. The summed E-state index contributed by atoms with van der Waals surface area (Å²) in [5.41, 5.74) is 10.5. The highest BCUT2D eigenvalue weighted by molar-refractivity contribution is 5.98. The Kier molecular flexibility index (Phi) is 5.76. The summed E-state index contributed by atoms with van der Waals surface area (Å²) < 4.78 is 21.3. The van der Waals surface area contributed by atoms with Gasteiger partial charge in [-0.05, 0) is 50.3 Å². The monoisotopic (exact) mass is 489 g/mol. The van der Waals surface area contributed by atoms with Crippen LogP contribution in [-0.4, -0.2) is 69.4 Å². The molecule has 2 aliphatic heterocycles. The topological polar surface area (TPSA) is 84.8 Å². The normalized spacial score (nSPS) is 19.3. The van der Waals surface area contributed by atoms with Crippen LogP contribution in [0.4, 0.5) is 10.1 Å². The minimum Gasteiger partial charge on any atom is -0.494 e. The van der Waals surface area contributed by atoms with Crippen molar-refractivity contribution in [2.75, 3.05) is 38.2 Å². The highest BCUT2D eigenvalue weighted by Gasteiger charge is 2.31. The zero-order valence-electron chi connectivity index (χ0n) is 20.8. The van der Waals surface area contributed by atoms with Crippen molar-refractivity contribution >= 4 is 22.2 Å². The summed E-state index contributed by atoms with van der Waals surface area (Å²) in [5.74, 6) is -0.243. The highest BCUT2D eigenvalue weighted by Crippen LogP contribution is 2.34. The number of benzene rings is 1. The van der Waals surface area contributed by atoms with Crippen molar-refractivity contribution < 1.29 is 9.13 Å². The standard InChI is InChI=1S/C27H32FN7O/c1-27(29)6-11-34(12-7-27)18-4-9-33(10-5-18)19-15-31-26-22(16-32-35(26)17-19)20-3-8-30-24-14-23(28)25(36-2)13-21(20)24/h3,8,13-18H,4-7,9-12,29H2,1-2H3. The lowest BCUT2D eigenvalue weighted by Gasteiger charge is -2.44. The fraction of sp³-hybridized carbons (Fsp3) is 0.444. The summed E-state index contributed by atoms with van der Waals surface area (Å²) in [6.45, 7) is 6.38. The number of anilines is 1. The Hall–Kier alpha value is -3.30. The molecule has 188 valence electrons. The maximum atomic E-state index is 14.2. The van der Waals surface area contributed by atoms with Crippen molar-refractivity contribution in [1.82, 2.24) is 24.5 Å². The van der Waals surface area contributed by atoms with Gasteiger partial charge in [-0.3, -0.25) is 4.98 Å². The molecule has 36 heavy (non-hydrogen) atoms. The van der Waals surface area contributed by atoms with E-state index in [-0.39, 0.29) is 11.3 Å². The fourth-order valence-electron chi connectivity index (χ4n) is 5.65. The number of piperidine rings is 2. The van der Waals surface area contributed by atoms with E-state index in [1.807, 2.05) is 23.0 Å². The lowest BCUT2D eigenvalue weighted by molar-refractivity contribution is 0.108. The largest absolute Gasteiger partial charge is 0.494 e. The predicted octanol–water partition coefficient (Wildman–Crippen LogP) is 3.87. The lowest BCUT2D eigenvalue weighted by atomic mass is 9.89. The van der Waals surface area contributed by atoms with Crippen LogP contribution in [0.25, 0.3) is 27.7 Å². The molecule has 2 aliphatic rings. The van der Waals surface area contributed by atoms with E-state index >= 15 is 0 Å². The Balaban J connectivity index is 1.22. The minimum absolute atomic E-state index is 0.00823. The van der Waals surface area contributed by atoms with Gasteiger partial charge in [0.1, 0.15) is 0 Å². The fourth-order valence-corrected chi connectivity index (χ4v) is 5.65. The Labute approximate surface area is 209 Å². The average Bonchev–Trinajstić information content (AvgIpc) is 3.31. The van der Waals surface area contributed by atoms with E-state index in [2.05, 4.69) is 33.0 Å². The van der Waals surface area contributed by atoms with Crippen LogP contribution in [0.2, 0.25) is 0 Å². The van der Waals surface area contributed by atoms with E-state index < -0.39 is 5.82 Å². The van der Waals surface area contributed by atoms with Gasteiger partial charge in [-0.25, -0.2) is 13.9 Å². The molecule has 0 radical (unpaired) electrons. The van der Waals surface area contributed by atoms with Gasteiger partial charge >= 0.3 is 0 Å². The molecule has 2 N–H and O–H groups in total. The van der Waals surface area contributed by atoms with E-state index in [1.165, 1.54) is 13.2 Å². The zero-order chi connectivity index (χ0) is 24.9. The Morgan fingerprint density at radius 1 is 1.06 bits per heavy atom. The number of halogens is 1. The van der Waals surface area contributed by atoms with Crippen LogP contribution in [0.15, 0.2) is 43.0 Å². The van der Waals surface area contributed by atoms with Gasteiger partial charge in [-0.1, -0.05) is 0 Å². The number of likely N-dealkylation sites (tertiary alicyclic amines) is 1. The lowest BCUT2D eigenvalue weighted by Crippen LogP contribution is -2.53. The zero-order valence-corrected chi connectivity index (χ0v) is 20.8. The third-order valence-electron chi connectivity index (χ3n) is 7.93. The Morgan fingerprint density at radius 3 is 2.58 bits per heavy atom. The second-order valence-electron chi connectivity index (χ2n) is 10.4.